The van der Waals surface area contributed by atoms with Gasteiger partial charge in [0.2, 0.25) is 5.91 Å². The molecule has 1 unspecified atom stereocenters. The number of ether oxygens (including phenoxy) is 1. The molecule has 8 heteroatoms. The Morgan fingerprint density at radius 3 is 2.61 bits per heavy atom. The number of hydrogen-bond donors (Lipinski definition) is 1. The van der Waals surface area contributed by atoms with Gasteiger partial charge in [0.05, 0.1) is 0 Å². The second-order valence-electron chi connectivity index (χ2n) is 4.93. The van der Waals surface area contributed by atoms with Crippen molar-refractivity contribution in [3.8, 4) is 5.75 Å². The summed E-state index contributed by atoms with van der Waals surface area (Å²) < 4.78 is 42.3. The zero-order valence-electron chi connectivity index (χ0n) is 12.4. The van der Waals surface area contributed by atoms with Crippen LogP contribution in [0, 0.1) is 0 Å². The van der Waals surface area contributed by atoms with Crippen molar-refractivity contribution in [3.05, 3.63) is 48.3 Å². The van der Waals surface area contributed by atoms with E-state index in [1.807, 2.05) is 0 Å². The monoisotopic (exact) mass is 327 g/mol. The van der Waals surface area contributed by atoms with E-state index >= 15 is 0 Å². The molecule has 1 N–H and O–H groups in total. The van der Waals surface area contributed by atoms with Crippen molar-refractivity contribution < 1.29 is 22.7 Å². The Morgan fingerprint density at radius 1 is 1.35 bits per heavy atom. The zero-order chi connectivity index (χ0) is 16.9. The lowest BCUT2D eigenvalue weighted by Gasteiger charge is -2.13. The van der Waals surface area contributed by atoms with Crippen LogP contribution in [0.1, 0.15) is 18.5 Å². The highest BCUT2D eigenvalue weighted by molar-refractivity contribution is 5.79. The van der Waals surface area contributed by atoms with E-state index in [4.69, 9.17) is 0 Å². The summed E-state index contributed by atoms with van der Waals surface area (Å²) in [5.41, 5.74) is 0.755. The number of aromatic nitrogens is 2. The molecule has 0 saturated carbocycles. The van der Waals surface area contributed by atoms with Crippen molar-refractivity contribution in [2.24, 2.45) is 0 Å². The zero-order valence-corrected chi connectivity index (χ0v) is 12.4. The minimum Gasteiger partial charge on any atom is -0.484 e. The van der Waals surface area contributed by atoms with E-state index in [-0.39, 0.29) is 18.2 Å². The van der Waals surface area contributed by atoms with Crippen molar-refractivity contribution in [1.29, 1.82) is 0 Å². The van der Waals surface area contributed by atoms with Crippen molar-refractivity contribution in [2.75, 3.05) is 6.61 Å². The number of nitrogens with one attached hydrogen (secondary N) is 1. The Labute approximate surface area is 131 Å². The first-order valence-electron chi connectivity index (χ1n) is 6.90. The molecule has 0 aliphatic rings. The lowest BCUT2D eigenvalue weighted by Crippen LogP contribution is -2.30. The first kappa shape index (κ1) is 16.9. The molecule has 23 heavy (non-hydrogen) atoms. The number of amides is 1. The van der Waals surface area contributed by atoms with Crippen molar-refractivity contribution >= 4 is 5.91 Å². The predicted molar refractivity (Wildman–Crippen MR) is 76.8 cm³/mol. The van der Waals surface area contributed by atoms with Gasteiger partial charge in [-0.1, -0.05) is 12.1 Å². The molecule has 124 valence electrons. The van der Waals surface area contributed by atoms with Crippen molar-refractivity contribution in [3.63, 3.8) is 0 Å². The molecule has 1 heterocycles. The van der Waals surface area contributed by atoms with Crippen LogP contribution in [0.15, 0.2) is 42.7 Å². The number of halogens is 3. The van der Waals surface area contributed by atoms with Crippen LogP contribution in [0.5, 0.6) is 5.75 Å². The van der Waals surface area contributed by atoms with Crippen LogP contribution in [-0.2, 0) is 11.3 Å². The molecule has 0 aliphatic carbocycles. The maximum Gasteiger partial charge on any atom is 0.422 e. The summed E-state index contributed by atoms with van der Waals surface area (Å²) in [6, 6.07) is 7.35. The van der Waals surface area contributed by atoms with E-state index in [0.29, 0.717) is 0 Å². The number of benzene rings is 1. The Morgan fingerprint density at radius 2 is 2.04 bits per heavy atom. The van der Waals surface area contributed by atoms with E-state index in [1.165, 1.54) is 16.8 Å². The van der Waals surface area contributed by atoms with E-state index in [0.717, 1.165) is 5.56 Å². The molecule has 0 radical (unpaired) electrons. The van der Waals surface area contributed by atoms with Gasteiger partial charge in [0, 0.05) is 18.9 Å². The minimum absolute atomic E-state index is 0.127. The highest BCUT2D eigenvalue weighted by atomic mass is 19.4. The molecule has 1 atom stereocenters. The fourth-order valence-corrected chi connectivity index (χ4v) is 1.84. The molecular formula is C15H16F3N3O2. The van der Waals surface area contributed by atoms with Crippen LogP contribution >= 0.6 is 0 Å². The molecule has 1 amide bonds. The first-order valence-corrected chi connectivity index (χ1v) is 6.90. The van der Waals surface area contributed by atoms with Gasteiger partial charge in [-0.05, 0) is 30.7 Å². The van der Waals surface area contributed by atoms with Gasteiger partial charge in [-0.15, -0.1) is 0 Å². The molecule has 2 rings (SSSR count). The molecule has 2 aromatic rings. The lowest BCUT2D eigenvalue weighted by atomic mass is 10.2. The van der Waals surface area contributed by atoms with Gasteiger partial charge >= 0.3 is 6.18 Å². The van der Waals surface area contributed by atoms with Crippen LogP contribution in [0.3, 0.4) is 0 Å². The van der Waals surface area contributed by atoms with E-state index < -0.39 is 18.8 Å². The summed E-state index contributed by atoms with van der Waals surface area (Å²) in [4.78, 5) is 12.0. The number of carbonyl (C=O) groups excluding carboxylic acids is 1. The average molecular weight is 327 g/mol. The summed E-state index contributed by atoms with van der Waals surface area (Å²) >= 11 is 0. The minimum atomic E-state index is -4.37. The van der Waals surface area contributed by atoms with Gasteiger partial charge in [-0.2, -0.15) is 18.3 Å². The predicted octanol–water partition coefficient (Wildman–Crippen LogP) is 2.70. The highest BCUT2D eigenvalue weighted by Gasteiger charge is 2.28. The molecule has 0 fully saturated rings. The van der Waals surface area contributed by atoms with Crippen molar-refractivity contribution in [1.82, 2.24) is 15.1 Å². The van der Waals surface area contributed by atoms with Gasteiger partial charge in [0.25, 0.3) is 0 Å². The third-order valence-corrected chi connectivity index (χ3v) is 3.09. The second kappa shape index (κ2) is 7.17. The lowest BCUT2D eigenvalue weighted by molar-refractivity contribution is -0.153. The molecule has 0 spiro atoms. The Balaban J connectivity index is 1.83. The highest BCUT2D eigenvalue weighted by Crippen LogP contribution is 2.18. The van der Waals surface area contributed by atoms with Crippen LogP contribution in [0.4, 0.5) is 13.2 Å². The van der Waals surface area contributed by atoms with Gasteiger partial charge in [-0.25, -0.2) is 0 Å². The number of carbonyl (C=O) groups is 1. The first-order chi connectivity index (χ1) is 10.8. The summed E-state index contributed by atoms with van der Waals surface area (Å²) in [5.74, 6) is -0.0755. The Hall–Kier alpha value is -2.51. The molecular weight excluding hydrogens is 311 g/mol. The Bertz CT molecular complexity index is 624. The summed E-state index contributed by atoms with van der Waals surface area (Å²) in [5, 5.41) is 6.73. The quantitative estimate of drug-likeness (QED) is 0.887. The van der Waals surface area contributed by atoms with Gasteiger partial charge in [-0.3, -0.25) is 9.48 Å². The maximum atomic E-state index is 12.0. The van der Waals surface area contributed by atoms with E-state index in [1.54, 1.807) is 37.5 Å². The largest absolute Gasteiger partial charge is 0.484 e. The number of rotatable bonds is 6. The smallest absolute Gasteiger partial charge is 0.422 e. The van der Waals surface area contributed by atoms with Gasteiger partial charge < -0.3 is 10.1 Å². The van der Waals surface area contributed by atoms with Crippen LogP contribution < -0.4 is 10.1 Å². The third-order valence-electron chi connectivity index (χ3n) is 3.09. The van der Waals surface area contributed by atoms with Crippen molar-refractivity contribution in [2.45, 2.75) is 25.7 Å². The van der Waals surface area contributed by atoms with E-state index in [9.17, 15) is 18.0 Å². The topological polar surface area (TPSA) is 56.1 Å². The number of alkyl halides is 3. The molecule has 1 aromatic carbocycles. The Kier molecular flexibility index (Phi) is 5.25. The average Bonchev–Trinajstić information content (AvgIpc) is 3.04. The van der Waals surface area contributed by atoms with E-state index in [2.05, 4.69) is 15.2 Å². The van der Waals surface area contributed by atoms with Gasteiger partial charge in [0.1, 0.15) is 11.8 Å². The number of nitrogens with zero attached hydrogens (tertiary/aromatic N) is 2. The molecule has 0 bridgehead atoms. The molecule has 0 aliphatic heterocycles. The van der Waals surface area contributed by atoms with Gasteiger partial charge in [0.15, 0.2) is 6.61 Å². The molecule has 0 saturated heterocycles. The third kappa shape index (κ3) is 5.32. The fourth-order valence-electron chi connectivity index (χ4n) is 1.84. The maximum absolute atomic E-state index is 12.0. The second-order valence-corrected chi connectivity index (χ2v) is 4.93. The van der Waals surface area contributed by atoms with Crippen LogP contribution in [-0.4, -0.2) is 28.5 Å². The normalized spacial score (nSPS) is 12.7. The van der Waals surface area contributed by atoms with Crippen LogP contribution in [0.25, 0.3) is 0 Å². The fraction of sp³-hybridized carbons (Fsp3) is 0.333. The van der Waals surface area contributed by atoms with Crippen LogP contribution in [0.2, 0.25) is 0 Å². The summed E-state index contributed by atoms with van der Waals surface area (Å²) in [6.07, 6.45) is -1.09. The summed E-state index contributed by atoms with van der Waals surface area (Å²) in [6.45, 7) is 0.658. The molecule has 5 nitrogen and oxygen atoms in total. The summed E-state index contributed by atoms with van der Waals surface area (Å²) in [7, 11) is 0. The molecule has 1 aromatic heterocycles. The standard InChI is InChI=1S/C15H16F3N3O2/c1-11(21-8-2-7-20-21)14(22)19-9-12-3-5-13(6-4-12)23-10-15(16,17)18/h2-8,11H,9-10H2,1H3,(H,19,22). The SMILES string of the molecule is CC(C(=O)NCc1ccc(OCC(F)(F)F)cc1)n1cccn1. The number of hydrogen-bond acceptors (Lipinski definition) is 3.